The third-order valence-electron chi connectivity index (χ3n) is 4.33. The van der Waals surface area contributed by atoms with Crippen molar-refractivity contribution in [1.82, 2.24) is 10.1 Å². The van der Waals surface area contributed by atoms with Crippen LogP contribution >= 0.6 is 23.4 Å². The molecule has 3 rings (SSSR count). The Labute approximate surface area is 173 Å². The fraction of sp³-hybridized carbons (Fsp3) is 0.286. The zero-order valence-corrected chi connectivity index (χ0v) is 17.8. The minimum absolute atomic E-state index is 0.0464. The summed E-state index contributed by atoms with van der Waals surface area (Å²) in [6.07, 6.45) is 0. The zero-order chi connectivity index (χ0) is 20.3. The van der Waals surface area contributed by atoms with Crippen LogP contribution in [0.4, 0.5) is 5.69 Å². The molecule has 1 N–H and O–H groups in total. The molecule has 1 unspecified atom stereocenters. The van der Waals surface area contributed by atoms with Crippen molar-refractivity contribution in [2.24, 2.45) is 0 Å². The second kappa shape index (κ2) is 8.80. The standard InChI is InChI=1S/C21H22ClN3O2S/c1-12-9-13(2)19(14(3)10-12)24-20(26)15(4)28-11-18-23-21(27-25-18)16-7-5-6-8-17(16)22/h5-10,15H,11H2,1-4H3,(H,24,26). The van der Waals surface area contributed by atoms with Gasteiger partial charge in [0.15, 0.2) is 5.82 Å². The number of aromatic nitrogens is 2. The van der Waals surface area contributed by atoms with Crippen LogP contribution in [0.25, 0.3) is 11.5 Å². The van der Waals surface area contributed by atoms with Crippen molar-refractivity contribution in [2.75, 3.05) is 5.32 Å². The molecule has 1 atom stereocenters. The predicted molar refractivity (Wildman–Crippen MR) is 115 cm³/mol. The average molecular weight is 416 g/mol. The number of aryl methyl sites for hydroxylation is 3. The molecule has 5 nitrogen and oxygen atoms in total. The van der Waals surface area contributed by atoms with Crippen LogP contribution in [0.15, 0.2) is 40.9 Å². The maximum absolute atomic E-state index is 12.6. The number of carbonyl (C=O) groups excluding carboxylic acids is 1. The molecule has 1 aromatic heterocycles. The second-order valence-corrected chi connectivity index (χ2v) is 8.45. The molecule has 0 fully saturated rings. The molecule has 1 heterocycles. The molecule has 0 saturated carbocycles. The van der Waals surface area contributed by atoms with Crippen molar-refractivity contribution >= 4 is 35.0 Å². The lowest BCUT2D eigenvalue weighted by atomic mass is 10.1. The van der Waals surface area contributed by atoms with E-state index in [2.05, 4.69) is 27.6 Å². The number of rotatable bonds is 6. The summed E-state index contributed by atoms with van der Waals surface area (Å²) in [6.45, 7) is 7.92. The lowest BCUT2D eigenvalue weighted by molar-refractivity contribution is -0.115. The first-order valence-electron chi connectivity index (χ1n) is 8.93. The highest BCUT2D eigenvalue weighted by Gasteiger charge is 2.18. The Kier molecular flexibility index (Phi) is 6.42. The molecule has 146 valence electrons. The van der Waals surface area contributed by atoms with E-state index in [1.165, 1.54) is 17.3 Å². The van der Waals surface area contributed by atoms with Gasteiger partial charge in [-0.3, -0.25) is 4.79 Å². The van der Waals surface area contributed by atoms with Gasteiger partial charge in [0.05, 0.1) is 21.6 Å². The number of carbonyl (C=O) groups is 1. The Hall–Kier alpha value is -2.31. The van der Waals surface area contributed by atoms with Gasteiger partial charge in [-0.2, -0.15) is 4.98 Å². The van der Waals surface area contributed by atoms with E-state index in [0.29, 0.717) is 28.1 Å². The Morgan fingerprint density at radius 2 is 1.89 bits per heavy atom. The third kappa shape index (κ3) is 4.75. The summed E-state index contributed by atoms with van der Waals surface area (Å²) >= 11 is 7.62. The molecule has 0 aliphatic heterocycles. The van der Waals surface area contributed by atoms with E-state index < -0.39 is 0 Å². The largest absolute Gasteiger partial charge is 0.334 e. The first-order valence-corrected chi connectivity index (χ1v) is 10.4. The lowest BCUT2D eigenvalue weighted by Crippen LogP contribution is -2.23. The summed E-state index contributed by atoms with van der Waals surface area (Å²) in [5.41, 5.74) is 4.88. The van der Waals surface area contributed by atoms with Gasteiger partial charge >= 0.3 is 0 Å². The molecule has 2 aromatic carbocycles. The Morgan fingerprint density at radius 3 is 2.57 bits per heavy atom. The lowest BCUT2D eigenvalue weighted by Gasteiger charge is -2.15. The van der Waals surface area contributed by atoms with Crippen LogP contribution in [0, 0.1) is 20.8 Å². The molecular formula is C21H22ClN3O2S. The molecule has 3 aromatic rings. The maximum atomic E-state index is 12.6. The molecule has 0 aliphatic rings. The third-order valence-corrected chi connectivity index (χ3v) is 5.80. The topological polar surface area (TPSA) is 68.0 Å². The highest BCUT2D eigenvalue weighted by molar-refractivity contribution is 7.99. The molecule has 0 bridgehead atoms. The number of amides is 1. The van der Waals surface area contributed by atoms with Crippen LogP contribution < -0.4 is 5.32 Å². The van der Waals surface area contributed by atoms with Gasteiger partial charge in [-0.1, -0.05) is 46.6 Å². The highest BCUT2D eigenvalue weighted by atomic mass is 35.5. The molecule has 7 heteroatoms. The molecular weight excluding hydrogens is 394 g/mol. The SMILES string of the molecule is Cc1cc(C)c(NC(=O)C(C)SCc2noc(-c3ccccc3Cl)n2)c(C)c1. The molecule has 0 saturated heterocycles. The Bertz CT molecular complexity index is 980. The van der Waals surface area contributed by atoms with Crippen LogP contribution in [0.5, 0.6) is 0 Å². The van der Waals surface area contributed by atoms with Gasteiger partial charge in [0.2, 0.25) is 5.91 Å². The van der Waals surface area contributed by atoms with Crippen LogP contribution in [-0.2, 0) is 10.5 Å². The fourth-order valence-corrected chi connectivity index (χ4v) is 3.88. The van der Waals surface area contributed by atoms with E-state index in [0.717, 1.165) is 16.8 Å². The van der Waals surface area contributed by atoms with Gasteiger partial charge in [0.1, 0.15) is 0 Å². The van der Waals surface area contributed by atoms with E-state index in [9.17, 15) is 4.79 Å². The molecule has 1 amide bonds. The predicted octanol–water partition coefficient (Wildman–Crippen LogP) is 5.58. The van der Waals surface area contributed by atoms with Crippen LogP contribution in [0.3, 0.4) is 0 Å². The summed E-state index contributed by atoms with van der Waals surface area (Å²) in [7, 11) is 0. The number of nitrogens with zero attached hydrogens (tertiary/aromatic N) is 2. The van der Waals surface area contributed by atoms with E-state index in [4.69, 9.17) is 16.1 Å². The van der Waals surface area contributed by atoms with Crippen LogP contribution in [-0.4, -0.2) is 21.3 Å². The number of anilines is 1. The van der Waals surface area contributed by atoms with Gasteiger partial charge in [-0.05, 0) is 51.0 Å². The van der Waals surface area contributed by atoms with Gasteiger partial charge in [-0.25, -0.2) is 0 Å². The fourth-order valence-electron chi connectivity index (χ4n) is 2.93. The van der Waals surface area contributed by atoms with Crippen molar-refractivity contribution in [3.8, 4) is 11.5 Å². The number of hydrogen-bond acceptors (Lipinski definition) is 5. The Balaban J connectivity index is 1.61. The van der Waals surface area contributed by atoms with Gasteiger partial charge in [-0.15, -0.1) is 11.8 Å². The van der Waals surface area contributed by atoms with Crippen LogP contribution in [0.1, 0.15) is 29.4 Å². The monoisotopic (exact) mass is 415 g/mol. The number of halogens is 1. The first-order chi connectivity index (χ1) is 13.3. The molecule has 28 heavy (non-hydrogen) atoms. The number of thioether (sulfide) groups is 1. The summed E-state index contributed by atoms with van der Waals surface area (Å²) < 4.78 is 5.30. The van der Waals surface area contributed by atoms with E-state index in [-0.39, 0.29) is 11.2 Å². The maximum Gasteiger partial charge on any atom is 0.259 e. The summed E-state index contributed by atoms with van der Waals surface area (Å²) in [6, 6.07) is 11.4. The average Bonchev–Trinajstić information content (AvgIpc) is 3.11. The molecule has 0 aliphatic carbocycles. The molecule has 0 radical (unpaired) electrons. The summed E-state index contributed by atoms with van der Waals surface area (Å²) in [5, 5.41) is 7.32. The van der Waals surface area contributed by atoms with Crippen molar-refractivity contribution in [3.63, 3.8) is 0 Å². The Morgan fingerprint density at radius 1 is 1.21 bits per heavy atom. The van der Waals surface area contributed by atoms with Crippen molar-refractivity contribution < 1.29 is 9.32 Å². The van der Waals surface area contributed by atoms with Crippen LogP contribution in [0.2, 0.25) is 5.02 Å². The number of hydrogen-bond donors (Lipinski definition) is 1. The number of benzene rings is 2. The number of nitrogens with one attached hydrogen (secondary N) is 1. The smallest absolute Gasteiger partial charge is 0.259 e. The highest BCUT2D eigenvalue weighted by Crippen LogP contribution is 2.27. The van der Waals surface area contributed by atoms with Gasteiger partial charge in [0.25, 0.3) is 5.89 Å². The summed E-state index contributed by atoms with van der Waals surface area (Å²) in [4.78, 5) is 17.0. The van der Waals surface area contributed by atoms with E-state index in [1.807, 2.05) is 45.9 Å². The van der Waals surface area contributed by atoms with Gasteiger partial charge < -0.3 is 9.84 Å². The summed E-state index contributed by atoms with van der Waals surface area (Å²) in [5.74, 6) is 1.33. The minimum atomic E-state index is -0.262. The first kappa shape index (κ1) is 20.4. The van der Waals surface area contributed by atoms with Crippen molar-refractivity contribution in [2.45, 2.75) is 38.7 Å². The van der Waals surface area contributed by atoms with Crippen molar-refractivity contribution in [1.29, 1.82) is 0 Å². The van der Waals surface area contributed by atoms with Gasteiger partial charge in [0, 0.05) is 5.69 Å². The van der Waals surface area contributed by atoms with E-state index in [1.54, 1.807) is 6.07 Å². The van der Waals surface area contributed by atoms with Crippen molar-refractivity contribution in [3.05, 3.63) is 63.9 Å². The minimum Gasteiger partial charge on any atom is -0.334 e. The van der Waals surface area contributed by atoms with E-state index >= 15 is 0 Å². The quantitative estimate of drug-likeness (QED) is 0.569. The normalized spacial score (nSPS) is 12.0. The second-order valence-electron chi connectivity index (χ2n) is 6.71. The molecule has 0 spiro atoms. The zero-order valence-electron chi connectivity index (χ0n) is 16.2.